The molecule has 2 amide bonds. The topological polar surface area (TPSA) is 70.2 Å². The van der Waals surface area contributed by atoms with Gasteiger partial charge < -0.3 is 16.0 Å². The molecule has 0 unspecified atom stereocenters. The molecular formula is C20H21N3O2. The van der Waals surface area contributed by atoms with Gasteiger partial charge in [-0.2, -0.15) is 0 Å². The van der Waals surface area contributed by atoms with Crippen molar-refractivity contribution in [3.63, 3.8) is 0 Å². The second kappa shape index (κ2) is 6.24. The number of rotatable bonds is 3. The minimum Gasteiger partial charge on any atom is -0.380 e. The van der Waals surface area contributed by atoms with Gasteiger partial charge in [-0.3, -0.25) is 9.59 Å². The maximum atomic E-state index is 12.3. The van der Waals surface area contributed by atoms with Crippen LogP contribution in [0.5, 0.6) is 0 Å². The van der Waals surface area contributed by atoms with Crippen molar-refractivity contribution < 1.29 is 9.59 Å². The average molecular weight is 335 g/mol. The van der Waals surface area contributed by atoms with Crippen LogP contribution in [0, 0.1) is 0 Å². The number of para-hydroxylation sites is 1. The predicted octanol–water partition coefficient (Wildman–Crippen LogP) is 3.39. The Morgan fingerprint density at radius 3 is 2.76 bits per heavy atom. The Kier molecular flexibility index (Phi) is 3.92. The van der Waals surface area contributed by atoms with Gasteiger partial charge in [0.05, 0.1) is 11.4 Å². The molecule has 1 aliphatic carbocycles. The van der Waals surface area contributed by atoms with E-state index >= 15 is 0 Å². The number of hydrogen-bond donors (Lipinski definition) is 3. The number of nitrogens with one attached hydrogen (secondary N) is 3. The highest BCUT2D eigenvalue weighted by atomic mass is 16.2. The molecule has 2 aromatic rings. The summed E-state index contributed by atoms with van der Waals surface area (Å²) >= 11 is 0. The minimum atomic E-state index is -0.0269. The van der Waals surface area contributed by atoms with Crippen LogP contribution in [-0.2, 0) is 4.79 Å². The van der Waals surface area contributed by atoms with Crippen molar-refractivity contribution in [1.29, 1.82) is 0 Å². The SMILES string of the molecule is C[C@@H]1CC(=O)Nc2cccc(-c3cccc(C(=O)NC4CC4)c3)c2N1. The van der Waals surface area contributed by atoms with Crippen LogP contribution >= 0.6 is 0 Å². The Labute approximate surface area is 146 Å². The van der Waals surface area contributed by atoms with Gasteiger partial charge in [-0.05, 0) is 43.5 Å². The molecule has 0 saturated heterocycles. The number of carbonyl (C=O) groups is 2. The van der Waals surface area contributed by atoms with Crippen LogP contribution in [0.3, 0.4) is 0 Å². The standard InChI is InChI=1S/C20H21N3O2/c1-12-10-18(24)23-17-7-3-6-16(19(17)21-12)13-4-2-5-14(11-13)20(25)22-15-8-9-15/h2-7,11-12,15,21H,8-10H2,1H3,(H,22,25)(H,23,24)/t12-/m1/s1. The molecule has 3 N–H and O–H groups in total. The summed E-state index contributed by atoms with van der Waals surface area (Å²) in [7, 11) is 0. The molecule has 128 valence electrons. The van der Waals surface area contributed by atoms with Crippen molar-refractivity contribution >= 4 is 23.2 Å². The maximum absolute atomic E-state index is 12.3. The van der Waals surface area contributed by atoms with E-state index in [1.54, 1.807) is 0 Å². The van der Waals surface area contributed by atoms with Gasteiger partial charge in [0.25, 0.3) is 5.91 Å². The van der Waals surface area contributed by atoms with E-state index < -0.39 is 0 Å². The van der Waals surface area contributed by atoms with Crippen LogP contribution in [0.15, 0.2) is 42.5 Å². The third kappa shape index (κ3) is 3.36. The van der Waals surface area contributed by atoms with Crippen LogP contribution in [0.4, 0.5) is 11.4 Å². The Balaban J connectivity index is 1.71. The second-order valence-electron chi connectivity index (χ2n) is 6.85. The summed E-state index contributed by atoms with van der Waals surface area (Å²) in [6.45, 7) is 1.99. The predicted molar refractivity (Wildman–Crippen MR) is 98.7 cm³/mol. The zero-order valence-electron chi connectivity index (χ0n) is 14.1. The summed E-state index contributed by atoms with van der Waals surface area (Å²) in [5.74, 6) is -0.0190. The molecular weight excluding hydrogens is 314 g/mol. The lowest BCUT2D eigenvalue weighted by Gasteiger charge is -2.17. The number of benzene rings is 2. The normalized spacial score (nSPS) is 19.2. The smallest absolute Gasteiger partial charge is 0.251 e. The molecule has 1 aliphatic heterocycles. The van der Waals surface area contributed by atoms with Gasteiger partial charge in [-0.25, -0.2) is 0 Å². The molecule has 25 heavy (non-hydrogen) atoms. The quantitative estimate of drug-likeness (QED) is 0.805. The van der Waals surface area contributed by atoms with Crippen molar-refractivity contribution in [2.24, 2.45) is 0 Å². The monoisotopic (exact) mass is 335 g/mol. The van der Waals surface area contributed by atoms with E-state index in [1.165, 1.54) is 0 Å². The second-order valence-corrected chi connectivity index (χ2v) is 6.85. The zero-order chi connectivity index (χ0) is 17.4. The van der Waals surface area contributed by atoms with Crippen LogP contribution in [0.2, 0.25) is 0 Å². The van der Waals surface area contributed by atoms with Gasteiger partial charge >= 0.3 is 0 Å². The number of amides is 2. The van der Waals surface area contributed by atoms with E-state index in [9.17, 15) is 9.59 Å². The van der Waals surface area contributed by atoms with Crippen molar-refractivity contribution in [2.75, 3.05) is 10.6 Å². The number of fused-ring (bicyclic) bond motifs is 1. The average Bonchev–Trinajstić information content (AvgIpc) is 3.41. The highest BCUT2D eigenvalue weighted by Crippen LogP contribution is 2.37. The number of carbonyl (C=O) groups excluding carboxylic acids is 2. The third-order valence-corrected chi connectivity index (χ3v) is 4.57. The molecule has 2 aromatic carbocycles. The van der Waals surface area contributed by atoms with Crippen molar-refractivity contribution in [3.05, 3.63) is 48.0 Å². The van der Waals surface area contributed by atoms with Crippen molar-refractivity contribution in [1.82, 2.24) is 5.32 Å². The summed E-state index contributed by atoms with van der Waals surface area (Å²) in [6, 6.07) is 13.8. The summed E-state index contributed by atoms with van der Waals surface area (Å²) in [6.07, 6.45) is 2.57. The fourth-order valence-corrected chi connectivity index (χ4v) is 3.15. The molecule has 2 aliphatic rings. The maximum Gasteiger partial charge on any atom is 0.251 e. The van der Waals surface area contributed by atoms with Gasteiger partial charge in [-0.15, -0.1) is 0 Å². The molecule has 0 radical (unpaired) electrons. The molecule has 1 atom stereocenters. The summed E-state index contributed by atoms with van der Waals surface area (Å²) in [4.78, 5) is 24.3. The number of hydrogen-bond acceptors (Lipinski definition) is 3. The molecule has 0 aromatic heterocycles. The molecule has 1 saturated carbocycles. The Morgan fingerprint density at radius 1 is 1.16 bits per heavy atom. The van der Waals surface area contributed by atoms with E-state index in [0.717, 1.165) is 35.3 Å². The van der Waals surface area contributed by atoms with E-state index in [4.69, 9.17) is 0 Å². The highest BCUT2D eigenvalue weighted by molar-refractivity contribution is 6.01. The lowest BCUT2D eigenvalue weighted by Crippen LogP contribution is -2.25. The molecule has 1 heterocycles. The Morgan fingerprint density at radius 2 is 1.96 bits per heavy atom. The lowest BCUT2D eigenvalue weighted by atomic mass is 9.99. The first-order chi connectivity index (χ1) is 12.1. The largest absolute Gasteiger partial charge is 0.380 e. The fraction of sp³-hybridized carbons (Fsp3) is 0.300. The van der Waals surface area contributed by atoms with Crippen LogP contribution < -0.4 is 16.0 Å². The minimum absolute atomic E-state index is 0.00784. The molecule has 4 rings (SSSR count). The van der Waals surface area contributed by atoms with Crippen molar-refractivity contribution in [3.8, 4) is 11.1 Å². The van der Waals surface area contributed by atoms with Gasteiger partial charge in [0.1, 0.15) is 0 Å². The van der Waals surface area contributed by atoms with Gasteiger partial charge in [-0.1, -0.05) is 24.3 Å². The zero-order valence-corrected chi connectivity index (χ0v) is 14.1. The van der Waals surface area contributed by atoms with E-state index in [0.29, 0.717) is 18.0 Å². The fourth-order valence-electron chi connectivity index (χ4n) is 3.15. The van der Waals surface area contributed by atoms with Crippen molar-refractivity contribution in [2.45, 2.75) is 38.3 Å². The Hall–Kier alpha value is -2.82. The van der Waals surface area contributed by atoms with Crippen LogP contribution in [-0.4, -0.2) is 23.9 Å². The third-order valence-electron chi connectivity index (χ3n) is 4.57. The van der Waals surface area contributed by atoms with Gasteiger partial charge in [0.2, 0.25) is 5.91 Å². The molecule has 0 spiro atoms. The molecule has 5 heteroatoms. The van der Waals surface area contributed by atoms with E-state index in [2.05, 4.69) is 16.0 Å². The van der Waals surface area contributed by atoms with E-state index in [1.807, 2.05) is 49.4 Å². The van der Waals surface area contributed by atoms with E-state index in [-0.39, 0.29) is 17.9 Å². The molecule has 0 bridgehead atoms. The summed E-state index contributed by atoms with van der Waals surface area (Å²) in [5.41, 5.74) is 4.27. The van der Waals surface area contributed by atoms with Gasteiger partial charge in [0.15, 0.2) is 0 Å². The first kappa shape index (κ1) is 15.7. The van der Waals surface area contributed by atoms with Gasteiger partial charge in [0, 0.05) is 29.6 Å². The van der Waals surface area contributed by atoms with Crippen LogP contribution in [0.25, 0.3) is 11.1 Å². The van der Waals surface area contributed by atoms with Crippen LogP contribution in [0.1, 0.15) is 36.5 Å². The number of anilines is 2. The Bertz CT molecular complexity index is 843. The first-order valence-corrected chi connectivity index (χ1v) is 8.71. The first-order valence-electron chi connectivity index (χ1n) is 8.71. The lowest BCUT2D eigenvalue weighted by molar-refractivity contribution is -0.116. The highest BCUT2D eigenvalue weighted by Gasteiger charge is 2.24. The summed E-state index contributed by atoms with van der Waals surface area (Å²) < 4.78 is 0. The molecule has 5 nitrogen and oxygen atoms in total. The molecule has 1 fully saturated rings. The summed E-state index contributed by atoms with van der Waals surface area (Å²) in [5, 5.41) is 9.40.